The third kappa shape index (κ3) is 4.57. The van der Waals surface area contributed by atoms with Crippen LogP contribution in [0.2, 0.25) is 0 Å². The first-order valence-electron chi connectivity index (χ1n) is 6.86. The predicted octanol–water partition coefficient (Wildman–Crippen LogP) is 4.87. The number of halogens is 2. The molecule has 0 heterocycles. The van der Waals surface area contributed by atoms with Gasteiger partial charge in [0.25, 0.3) is 0 Å². The Hall–Kier alpha value is -2.40. The van der Waals surface area contributed by atoms with Crippen molar-refractivity contribution in [2.24, 2.45) is 0 Å². The van der Waals surface area contributed by atoms with Gasteiger partial charge in [0.15, 0.2) is 11.6 Å². The van der Waals surface area contributed by atoms with E-state index in [0.29, 0.717) is 5.56 Å². The van der Waals surface area contributed by atoms with Crippen molar-refractivity contribution in [1.82, 2.24) is 0 Å². The molecule has 0 nitrogen and oxygen atoms in total. The summed E-state index contributed by atoms with van der Waals surface area (Å²) in [5.41, 5.74) is 2.58. The van der Waals surface area contributed by atoms with Gasteiger partial charge in [-0.25, -0.2) is 8.78 Å². The van der Waals surface area contributed by atoms with E-state index < -0.39 is 11.6 Å². The molecule has 2 aromatic carbocycles. The fourth-order valence-electron chi connectivity index (χ4n) is 1.89. The van der Waals surface area contributed by atoms with Crippen molar-refractivity contribution in [2.45, 2.75) is 19.8 Å². The number of allylic oxidation sites excluding steroid dienone is 2. The second-order valence-corrected chi connectivity index (χ2v) is 4.68. The molecule has 2 aromatic rings. The zero-order valence-electron chi connectivity index (χ0n) is 11.9. The minimum atomic E-state index is -0.874. The third-order valence-corrected chi connectivity index (χ3v) is 3.06. The SMILES string of the molecule is C/C=C/CCc1ccc(C#Cc2ccc(F)c(F)c2)cc1. The summed E-state index contributed by atoms with van der Waals surface area (Å²) in [4.78, 5) is 0. The summed E-state index contributed by atoms with van der Waals surface area (Å²) in [5, 5.41) is 0. The smallest absolute Gasteiger partial charge is 0.160 e. The first-order chi connectivity index (χ1) is 10.2. The zero-order chi connectivity index (χ0) is 15.1. The first-order valence-corrected chi connectivity index (χ1v) is 6.86. The second-order valence-electron chi connectivity index (χ2n) is 4.68. The van der Waals surface area contributed by atoms with Crippen LogP contribution < -0.4 is 0 Å². The Kier molecular flexibility index (Phi) is 5.29. The molecule has 0 aliphatic heterocycles. The van der Waals surface area contributed by atoms with E-state index in [1.165, 1.54) is 11.6 Å². The zero-order valence-corrected chi connectivity index (χ0v) is 11.9. The first kappa shape index (κ1) is 15.0. The second kappa shape index (κ2) is 7.40. The molecule has 0 fully saturated rings. The molecule has 0 saturated carbocycles. The number of hydrogen-bond donors (Lipinski definition) is 0. The van der Waals surface area contributed by atoms with Gasteiger partial charge in [-0.05, 0) is 55.7 Å². The van der Waals surface area contributed by atoms with Gasteiger partial charge < -0.3 is 0 Å². The maximum Gasteiger partial charge on any atom is 0.160 e. The van der Waals surface area contributed by atoms with Gasteiger partial charge >= 0.3 is 0 Å². The lowest BCUT2D eigenvalue weighted by Crippen LogP contribution is -1.85. The Bertz CT molecular complexity index is 686. The monoisotopic (exact) mass is 282 g/mol. The fraction of sp³-hybridized carbons (Fsp3) is 0.158. The third-order valence-electron chi connectivity index (χ3n) is 3.06. The summed E-state index contributed by atoms with van der Waals surface area (Å²) in [5.74, 6) is 4.05. The molecule has 2 rings (SSSR count). The van der Waals surface area contributed by atoms with Crippen LogP contribution in [0.25, 0.3) is 0 Å². The normalized spacial score (nSPS) is 10.4. The van der Waals surface area contributed by atoms with E-state index in [1.54, 1.807) is 0 Å². The highest BCUT2D eigenvalue weighted by molar-refractivity contribution is 5.43. The van der Waals surface area contributed by atoms with Gasteiger partial charge in [-0.15, -0.1) is 0 Å². The van der Waals surface area contributed by atoms with E-state index in [0.717, 1.165) is 30.5 Å². The molecule has 0 aliphatic carbocycles. The number of benzene rings is 2. The van der Waals surface area contributed by atoms with Crippen molar-refractivity contribution in [3.8, 4) is 11.8 Å². The van der Waals surface area contributed by atoms with Gasteiger partial charge in [-0.1, -0.05) is 36.1 Å². The molecular weight excluding hydrogens is 266 g/mol. The van der Waals surface area contributed by atoms with Crippen LogP contribution >= 0.6 is 0 Å². The maximum atomic E-state index is 13.1. The van der Waals surface area contributed by atoms with Gasteiger partial charge in [0.05, 0.1) is 0 Å². The van der Waals surface area contributed by atoms with Crippen molar-refractivity contribution in [3.63, 3.8) is 0 Å². The van der Waals surface area contributed by atoms with E-state index in [2.05, 4.69) is 17.9 Å². The summed E-state index contributed by atoms with van der Waals surface area (Å²) in [6.07, 6.45) is 6.20. The van der Waals surface area contributed by atoms with Crippen LogP contribution in [-0.2, 0) is 6.42 Å². The van der Waals surface area contributed by atoms with E-state index in [-0.39, 0.29) is 0 Å². The molecule has 0 saturated heterocycles. The van der Waals surface area contributed by atoms with E-state index >= 15 is 0 Å². The van der Waals surface area contributed by atoms with Gasteiger partial charge in [0.1, 0.15) is 0 Å². The Balaban J connectivity index is 2.06. The van der Waals surface area contributed by atoms with Crippen LogP contribution in [-0.4, -0.2) is 0 Å². The lowest BCUT2D eigenvalue weighted by Gasteiger charge is -1.98. The molecule has 0 spiro atoms. The van der Waals surface area contributed by atoms with Crippen molar-refractivity contribution in [2.75, 3.05) is 0 Å². The van der Waals surface area contributed by atoms with E-state index in [4.69, 9.17) is 0 Å². The number of hydrogen-bond acceptors (Lipinski definition) is 0. The topological polar surface area (TPSA) is 0 Å². The Morgan fingerprint density at radius 2 is 1.57 bits per heavy atom. The number of rotatable bonds is 3. The highest BCUT2D eigenvalue weighted by Gasteiger charge is 2.00. The molecule has 0 aromatic heterocycles. The van der Waals surface area contributed by atoms with Gasteiger partial charge in [0, 0.05) is 11.1 Å². The van der Waals surface area contributed by atoms with Crippen molar-refractivity contribution in [3.05, 3.63) is 82.9 Å². The molecule has 0 N–H and O–H groups in total. The minimum Gasteiger partial charge on any atom is -0.204 e. The molecule has 0 bridgehead atoms. The molecule has 106 valence electrons. The summed E-state index contributed by atoms with van der Waals surface area (Å²) in [6.45, 7) is 2.01. The quantitative estimate of drug-likeness (QED) is 0.556. The van der Waals surface area contributed by atoms with Gasteiger partial charge in [0.2, 0.25) is 0 Å². The highest BCUT2D eigenvalue weighted by Crippen LogP contribution is 2.09. The van der Waals surface area contributed by atoms with Crippen LogP contribution in [0.4, 0.5) is 8.78 Å². The minimum absolute atomic E-state index is 0.464. The lowest BCUT2D eigenvalue weighted by atomic mass is 10.1. The van der Waals surface area contributed by atoms with E-state index in [1.807, 2.05) is 37.3 Å². The van der Waals surface area contributed by atoms with Crippen molar-refractivity contribution in [1.29, 1.82) is 0 Å². The fourth-order valence-corrected chi connectivity index (χ4v) is 1.89. The van der Waals surface area contributed by atoms with Crippen LogP contribution in [0.3, 0.4) is 0 Å². The van der Waals surface area contributed by atoms with Crippen LogP contribution in [0.1, 0.15) is 30.0 Å². The summed E-state index contributed by atoms with van der Waals surface area (Å²) < 4.78 is 25.9. The van der Waals surface area contributed by atoms with Crippen molar-refractivity contribution >= 4 is 0 Å². The average molecular weight is 282 g/mol. The molecule has 2 heteroatoms. The molecule has 0 aliphatic rings. The maximum absolute atomic E-state index is 13.1. The lowest BCUT2D eigenvalue weighted by molar-refractivity contribution is 0.508. The standard InChI is InChI=1S/C19H16F2/c1-2-3-4-5-15-6-8-16(9-7-15)10-11-17-12-13-18(20)19(21)14-17/h2-3,6-9,12-14H,4-5H2,1H3/b3-2+. The summed E-state index contributed by atoms with van der Waals surface area (Å²) in [6, 6.07) is 11.6. The average Bonchev–Trinajstić information content (AvgIpc) is 2.50. The Labute approximate surface area is 124 Å². The Morgan fingerprint density at radius 1 is 0.905 bits per heavy atom. The van der Waals surface area contributed by atoms with Crippen LogP contribution in [0.15, 0.2) is 54.6 Å². The molecule has 0 atom stereocenters. The van der Waals surface area contributed by atoms with Crippen LogP contribution in [0.5, 0.6) is 0 Å². The van der Waals surface area contributed by atoms with E-state index in [9.17, 15) is 8.78 Å². The molecule has 0 unspecified atom stereocenters. The summed E-state index contributed by atoms with van der Waals surface area (Å²) in [7, 11) is 0. The predicted molar refractivity (Wildman–Crippen MR) is 81.9 cm³/mol. The summed E-state index contributed by atoms with van der Waals surface area (Å²) >= 11 is 0. The highest BCUT2D eigenvalue weighted by atomic mass is 19.2. The van der Waals surface area contributed by atoms with Crippen molar-refractivity contribution < 1.29 is 8.78 Å². The molecule has 0 amide bonds. The molecular formula is C19H16F2. The van der Waals surface area contributed by atoms with Gasteiger partial charge in [-0.2, -0.15) is 0 Å². The number of aryl methyl sites for hydroxylation is 1. The van der Waals surface area contributed by atoms with Gasteiger partial charge in [-0.3, -0.25) is 0 Å². The molecule has 0 radical (unpaired) electrons. The van der Waals surface area contributed by atoms with Crippen LogP contribution in [0, 0.1) is 23.5 Å². The molecule has 21 heavy (non-hydrogen) atoms. The Morgan fingerprint density at radius 3 is 2.24 bits per heavy atom. The largest absolute Gasteiger partial charge is 0.204 e.